The van der Waals surface area contributed by atoms with E-state index in [-0.39, 0.29) is 17.8 Å². The molecule has 2 aliphatic heterocycles. The number of rotatable bonds is 7. The summed E-state index contributed by atoms with van der Waals surface area (Å²) in [6.45, 7) is 7.03. The average molecular weight is 436 g/mol. The summed E-state index contributed by atoms with van der Waals surface area (Å²) in [6.07, 6.45) is 10.4. The Morgan fingerprint density at radius 1 is 1.22 bits per heavy atom. The number of piperidine rings is 1. The Bertz CT molecular complexity index is 936. The summed E-state index contributed by atoms with van der Waals surface area (Å²) in [5, 5.41) is 3.19. The van der Waals surface area contributed by atoms with Crippen LogP contribution >= 0.6 is 0 Å². The predicted molar refractivity (Wildman–Crippen MR) is 129 cm³/mol. The lowest BCUT2D eigenvalue weighted by molar-refractivity contribution is -0.120. The Kier molecular flexibility index (Phi) is 7.09. The first-order chi connectivity index (χ1) is 15.5. The van der Waals surface area contributed by atoms with Crippen molar-refractivity contribution in [1.29, 1.82) is 0 Å². The van der Waals surface area contributed by atoms with Gasteiger partial charge in [-0.25, -0.2) is 9.97 Å². The van der Waals surface area contributed by atoms with Gasteiger partial charge in [0.2, 0.25) is 11.9 Å². The Labute approximate surface area is 192 Å². The van der Waals surface area contributed by atoms with E-state index in [2.05, 4.69) is 59.2 Å². The summed E-state index contributed by atoms with van der Waals surface area (Å²) in [7, 11) is 0. The molecule has 0 radical (unpaired) electrons. The van der Waals surface area contributed by atoms with Crippen LogP contribution in [0.15, 0.2) is 30.5 Å². The van der Waals surface area contributed by atoms with Crippen LogP contribution in [0.25, 0.3) is 0 Å². The number of nitrogens with zero attached hydrogens (tertiary/aromatic N) is 3. The van der Waals surface area contributed by atoms with Crippen LogP contribution in [0.1, 0.15) is 82.2 Å². The van der Waals surface area contributed by atoms with Crippen LogP contribution in [0.3, 0.4) is 0 Å². The molecule has 1 amide bonds. The summed E-state index contributed by atoms with van der Waals surface area (Å²) in [4.78, 5) is 24.0. The van der Waals surface area contributed by atoms with Gasteiger partial charge in [0.25, 0.3) is 0 Å². The fourth-order valence-electron chi connectivity index (χ4n) is 5.70. The second-order valence-corrected chi connectivity index (χ2v) is 9.61. The maximum absolute atomic E-state index is 12.9. The lowest BCUT2D eigenvalue weighted by atomic mass is 9.82. The molecule has 4 unspecified atom stereocenters. The molecule has 2 aromatic rings. The van der Waals surface area contributed by atoms with Gasteiger partial charge in [0.1, 0.15) is 0 Å². The molecule has 1 saturated heterocycles. The zero-order valence-corrected chi connectivity index (χ0v) is 19.7. The molecule has 6 heteroatoms. The molecule has 172 valence electrons. The molecular weight excluding hydrogens is 398 g/mol. The minimum absolute atomic E-state index is 0.0663. The number of nitrogens with two attached hydrogens (primary N) is 1. The number of aromatic nitrogens is 2. The molecule has 0 aliphatic carbocycles. The molecule has 1 fully saturated rings. The average Bonchev–Trinajstić information content (AvgIpc) is 2.76. The third-order valence-electron chi connectivity index (χ3n) is 7.29. The molecule has 0 spiro atoms. The van der Waals surface area contributed by atoms with Gasteiger partial charge in [-0.1, -0.05) is 38.3 Å². The number of carbonyl (C=O) groups is 1. The summed E-state index contributed by atoms with van der Waals surface area (Å²) in [5.41, 5.74) is 10.2. The lowest BCUT2D eigenvalue weighted by Crippen LogP contribution is -2.46. The maximum atomic E-state index is 12.9. The van der Waals surface area contributed by atoms with Crippen molar-refractivity contribution in [3.05, 3.63) is 47.3 Å². The topological polar surface area (TPSA) is 84.1 Å². The first-order valence-electron chi connectivity index (χ1n) is 12.2. The Morgan fingerprint density at radius 2 is 2.00 bits per heavy atom. The number of benzene rings is 1. The van der Waals surface area contributed by atoms with Gasteiger partial charge >= 0.3 is 0 Å². The highest BCUT2D eigenvalue weighted by Gasteiger charge is 2.35. The fraction of sp³-hybridized carbons (Fsp3) is 0.577. The van der Waals surface area contributed by atoms with E-state index in [1.54, 1.807) is 6.20 Å². The molecule has 6 nitrogen and oxygen atoms in total. The summed E-state index contributed by atoms with van der Waals surface area (Å²) in [6, 6.07) is 9.86. The Morgan fingerprint density at radius 3 is 2.72 bits per heavy atom. The molecule has 1 aromatic heterocycles. The van der Waals surface area contributed by atoms with Gasteiger partial charge in [-0.2, -0.15) is 0 Å². The van der Waals surface area contributed by atoms with E-state index in [0.29, 0.717) is 24.5 Å². The Hall–Kier alpha value is -2.47. The van der Waals surface area contributed by atoms with Crippen molar-refractivity contribution < 1.29 is 4.79 Å². The first kappa shape index (κ1) is 22.7. The third kappa shape index (κ3) is 4.80. The largest absolute Gasteiger partial charge is 0.368 e. The highest BCUT2D eigenvalue weighted by Crippen LogP contribution is 2.40. The van der Waals surface area contributed by atoms with Crippen LogP contribution in [-0.4, -0.2) is 32.9 Å². The number of likely N-dealkylation sites (tertiary alicyclic amines) is 1. The van der Waals surface area contributed by atoms with Gasteiger partial charge in [0.15, 0.2) is 0 Å². The smallest absolute Gasteiger partial charge is 0.228 e. The molecule has 4 atom stereocenters. The molecule has 4 rings (SSSR count). The van der Waals surface area contributed by atoms with Crippen LogP contribution < -0.4 is 11.1 Å². The lowest BCUT2D eigenvalue weighted by Gasteiger charge is -2.45. The quantitative estimate of drug-likeness (QED) is 0.646. The van der Waals surface area contributed by atoms with Crippen molar-refractivity contribution in [3.63, 3.8) is 0 Å². The van der Waals surface area contributed by atoms with E-state index in [1.165, 1.54) is 43.2 Å². The molecular formula is C26H37N5O. The predicted octanol–water partition coefficient (Wildman–Crippen LogP) is 4.91. The van der Waals surface area contributed by atoms with E-state index in [9.17, 15) is 4.79 Å². The molecule has 3 heterocycles. The zero-order chi connectivity index (χ0) is 22.7. The van der Waals surface area contributed by atoms with Crippen molar-refractivity contribution in [3.8, 4) is 0 Å². The van der Waals surface area contributed by atoms with Crippen LogP contribution in [0.4, 0.5) is 11.6 Å². The number of nitrogens with one attached hydrogen (secondary N) is 1. The van der Waals surface area contributed by atoms with E-state index >= 15 is 0 Å². The van der Waals surface area contributed by atoms with Crippen LogP contribution in [-0.2, 0) is 17.6 Å². The van der Waals surface area contributed by atoms with Crippen molar-refractivity contribution >= 4 is 17.5 Å². The number of anilines is 2. The van der Waals surface area contributed by atoms with Gasteiger partial charge in [0.05, 0.1) is 0 Å². The standard InChI is InChI=1S/C26H37N5O/c1-4-5-12-24(31-17(2)8-6-9-18(31)3)21-10-7-11-23-22(21)16-19(25(32)30-23)15-20-13-14-28-26(27)29-20/h7,10-11,13-14,17-19,24H,4-6,8-9,12,15-16H2,1-3H3,(H,30,32)(H2,27,28,29). The molecule has 1 aromatic carbocycles. The van der Waals surface area contributed by atoms with Crippen molar-refractivity contribution in [2.75, 3.05) is 11.1 Å². The number of hydrogen-bond donors (Lipinski definition) is 2. The number of hydrogen-bond acceptors (Lipinski definition) is 5. The summed E-state index contributed by atoms with van der Waals surface area (Å²) in [5.74, 6) is 0.171. The SMILES string of the molecule is CCCCC(c1cccc2c1CC(Cc1ccnc(N)n1)C(=O)N2)N1C(C)CCCC1C. The number of amides is 1. The fourth-order valence-corrected chi connectivity index (χ4v) is 5.70. The minimum atomic E-state index is -0.152. The van der Waals surface area contributed by atoms with Gasteiger partial charge in [0, 0.05) is 48.0 Å². The number of carbonyl (C=O) groups excluding carboxylic acids is 1. The van der Waals surface area contributed by atoms with Crippen molar-refractivity contribution in [2.24, 2.45) is 5.92 Å². The monoisotopic (exact) mass is 435 g/mol. The van der Waals surface area contributed by atoms with Crippen LogP contribution in [0.5, 0.6) is 0 Å². The number of unbranched alkanes of at least 4 members (excludes halogenated alkanes) is 1. The van der Waals surface area contributed by atoms with E-state index in [4.69, 9.17) is 5.73 Å². The number of nitrogen functional groups attached to an aromatic ring is 1. The van der Waals surface area contributed by atoms with Gasteiger partial charge in [-0.05, 0) is 62.8 Å². The van der Waals surface area contributed by atoms with E-state index in [0.717, 1.165) is 24.2 Å². The van der Waals surface area contributed by atoms with E-state index < -0.39 is 0 Å². The molecule has 0 bridgehead atoms. The summed E-state index contributed by atoms with van der Waals surface area (Å²) < 4.78 is 0. The minimum Gasteiger partial charge on any atom is -0.368 e. The second-order valence-electron chi connectivity index (χ2n) is 9.61. The molecule has 0 saturated carbocycles. The van der Waals surface area contributed by atoms with Gasteiger partial charge in [-0.3, -0.25) is 9.69 Å². The zero-order valence-electron chi connectivity index (χ0n) is 19.7. The maximum Gasteiger partial charge on any atom is 0.228 e. The van der Waals surface area contributed by atoms with Crippen LogP contribution in [0.2, 0.25) is 0 Å². The normalized spacial score (nSPS) is 24.6. The molecule has 32 heavy (non-hydrogen) atoms. The third-order valence-corrected chi connectivity index (χ3v) is 7.29. The van der Waals surface area contributed by atoms with Gasteiger partial charge < -0.3 is 11.1 Å². The molecule has 3 N–H and O–H groups in total. The number of fused-ring (bicyclic) bond motifs is 1. The second kappa shape index (κ2) is 9.99. The highest BCUT2D eigenvalue weighted by atomic mass is 16.1. The van der Waals surface area contributed by atoms with Crippen LogP contribution in [0, 0.1) is 5.92 Å². The van der Waals surface area contributed by atoms with Crippen molar-refractivity contribution in [1.82, 2.24) is 14.9 Å². The molecule has 2 aliphatic rings. The van der Waals surface area contributed by atoms with Crippen molar-refractivity contribution in [2.45, 2.75) is 90.3 Å². The van der Waals surface area contributed by atoms with E-state index in [1.807, 2.05) is 6.07 Å². The van der Waals surface area contributed by atoms with Gasteiger partial charge in [-0.15, -0.1) is 0 Å². The highest BCUT2D eigenvalue weighted by molar-refractivity contribution is 5.96. The summed E-state index contributed by atoms with van der Waals surface area (Å²) >= 11 is 0. The Balaban J connectivity index is 1.66. The first-order valence-corrected chi connectivity index (χ1v) is 12.2.